The molecule has 0 N–H and O–H groups in total. The molecular weight excluding hydrogens is 226 g/mol. The highest BCUT2D eigenvalue weighted by molar-refractivity contribution is 5.78. The monoisotopic (exact) mass is 247 g/mol. The Labute approximate surface area is 109 Å². The van der Waals surface area contributed by atoms with Crippen LogP contribution in [0.5, 0.6) is 0 Å². The molecule has 1 unspecified atom stereocenters. The number of rotatable bonds is 5. The van der Waals surface area contributed by atoms with Crippen molar-refractivity contribution in [2.75, 3.05) is 24.6 Å². The summed E-state index contributed by atoms with van der Waals surface area (Å²) in [6.45, 7) is 6.92. The van der Waals surface area contributed by atoms with E-state index in [0.717, 1.165) is 43.5 Å². The zero-order chi connectivity index (χ0) is 13.0. The molecular formula is C15H21NO2. The van der Waals surface area contributed by atoms with E-state index in [9.17, 15) is 4.79 Å². The summed E-state index contributed by atoms with van der Waals surface area (Å²) in [5, 5.41) is 0. The first-order valence-electron chi connectivity index (χ1n) is 6.67. The van der Waals surface area contributed by atoms with E-state index in [2.05, 4.69) is 17.9 Å². The number of aldehydes is 1. The molecule has 98 valence electrons. The van der Waals surface area contributed by atoms with E-state index >= 15 is 0 Å². The Bertz CT molecular complexity index is 411. The Morgan fingerprint density at radius 3 is 2.89 bits per heavy atom. The third-order valence-electron chi connectivity index (χ3n) is 3.58. The van der Waals surface area contributed by atoms with Crippen molar-refractivity contribution in [3.8, 4) is 0 Å². The molecule has 3 heteroatoms. The Morgan fingerprint density at radius 1 is 1.50 bits per heavy atom. The number of ether oxygens (including phenoxy) is 1. The van der Waals surface area contributed by atoms with Crippen LogP contribution < -0.4 is 4.90 Å². The van der Waals surface area contributed by atoms with Crippen LogP contribution in [-0.2, 0) is 4.74 Å². The van der Waals surface area contributed by atoms with Crippen molar-refractivity contribution < 1.29 is 9.53 Å². The lowest BCUT2D eigenvalue weighted by Crippen LogP contribution is -2.32. The average Bonchev–Trinajstić information content (AvgIpc) is 2.88. The van der Waals surface area contributed by atoms with E-state index in [1.807, 2.05) is 19.1 Å². The van der Waals surface area contributed by atoms with E-state index in [-0.39, 0.29) is 0 Å². The van der Waals surface area contributed by atoms with Gasteiger partial charge in [0.2, 0.25) is 0 Å². The minimum atomic E-state index is 0.357. The summed E-state index contributed by atoms with van der Waals surface area (Å²) in [5.41, 5.74) is 2.98. The van der Waals surface area contributed by atoms with Crippen LogP contribution in [0.1, 0.15) is 35.7 Å². The molecule has 1 aromatic rings. The average molecular weight is 247 g/mol. The summed E-state index contributed by atoms with van der Waals surface area (Å²) >= 11 is 0. The molecule has 1 aliphatic rings. The fourth-order valence-corrected chi connectivity index (χ4v) is 2.44. The third-order valence-corrected chi connectivity index (χ3v) is 3.58. The van der Waals surface area contributed by atoms with Crippen LogP contribution in [0.3, 0.4) is 0 Å². The number of nitrogens with zero attached hydrogens (tertiary/aromatic N) is 1. The maximum atomic E-state index is 10.8. The molecule has 0 spiro atoms. The largest absolute Gasteiger partial charge is 0.376 e. The molecule has 1 fully saturated rings. The summed E-state index contributed by atoms with van der Waals surface area (Å²) in [7, 11) is 0. The summed E-state index contributed by atoms with van der Waals surface area (Å²) in [6.07, 6.45) is 3.60. The summed E-state index contributed by atoms with van der Waals surface area (Å²) in [6, 6.07) is 6.01. The van der Waals surface area contributed by atoms with Crippen LogP contribution in [0.15, 0.2) is 18.2 Å². The molecule has 0 radical (unpaired) electrons. The van der Waals surface area contributed by atoms with Gasteiger partial charge < -0.3 is 9.64 Å². The highest BCUT2D eigenvalue weighted by Crippen LogP contribution is 2.21. The Balaban J connectivity index is 2.11. The van der Waals surface area contributed by atoms with Gasteiger partial charge in [-0.15, -0.1) is 0 Å². The highest BCUT2D eigenvalue weighted by Gasteiger charge is 2.18. The standard InChI is InChI=1S/C15H21NO2/c1-3-16(10-15-5-4-8-18-15)14-7-6-13(11-17)12(2)9-14/h6-7,9,11,15H,3-5,8,10H2,1-2H3. The van der Waals surface area contributed by atoms with E-state index in [4.69, 9.17) is 4.74 Å². The molecule has 1 saturated heterocycles. The first kappa shape index (κ1) is 13.1. The molecule has 1 aliphatic heterocycles. The lowest BCUT2D eigenvalue weighted by Gasteiger charge is -2.26. The van der Waals surface area contributed by atoms with Gasteiger partial charge in [-0.3, -0.25) is 4.79 Å². The molecule has 2 rings (SSSR count). The highest BCUT2D eigenvalue weighted by atomic mass is 16.5. The number of hydrogen-bond acceptors (Lipinski definition) is 3. The Hall–Kier alpha value is -1.35. The number of anilines is 1. The van der Waals surface area contributed by atoms with Crippen molar-refractivity contribution in [1.82, 2.24) is 0 Å². The Morgan fingerprint density at radius 2 is 2.33 bits per heavy atom. The molecule has 1 aromatic carbocycles. The van der Waals surface area contributed by atoms with E-state index in [1.165, 1.54) is 12.1 Å². The number of aryl methyl sites for hydroxylation is 1. The zero-order valence-electron chi connectivity index (χ0n) is 11.2. The second-order valence-corrected chi connectivity index (χ2v) is 4.83. The van der Waals surface area contributed by atoms with Gasteiger partial charge in [-0.2, -0.15) is 0 Å². The van der Waals surface area contributed by atoms with Gasteiger partial charge in [0.05, 0.1) is 6.10 Å². The maximum absolute atomic E-state index is 10.8. The number of benzene rings is 1. The zero-order valence-corrected chi connectivity index (χ0v) is 11.2. The predicted molar refractivity (Wildman–Crippen MR) is 73.4 cm³/mol. The van der Waals surface area contributed by atoms with E-state index < -0.39 is 0 Å². The van der Waals surface area contributed by atoms with Crippen molar-refractivity contribution in [2.45, 2.75) is 32.8 Å². The predicted octanol–water partition coefficient (Wildman–Crippen LogP) is 2.81. The molecule has 1 heterocycles. The minimum absolute atomic E-state index is 0.357. The second kappa shape index (κ2) is 6.01. The first-order valence-corrected chi connectivity index (χ1v) is 6.67. The van der Waals surface area contributed by atoms with Crippen molar-refractivity contribution in [3.63, 3.8) is 0 Å². The fourth-order valence-electron chi connectivity index (χ4n) is 2.44. The molecule has 18 heavy (non-hydrogen) atoms. The Kier molecular flexibility index (Phi) is 4.37. The van der Waals surface area contributed by atoms with Crippen molar-refractivity contribution in [2.24, 2.45) is 0 Å². The van der Waals surface area contributed by atoms with Crippen LogP contribution in [0.4, 0.5) is 5.69 Å². The van der Waals surface area contributed by atoms with Gasteiger partial charge in [-0.05, 0) is 50.5 Å². The SMILES string of the molecule is CCN(CC1CCCO1)c1ccc(C=O)c(C)c1. The van der Waals surface area contributed by atoms with E-state index in [0.29, 0.717) is 6.10 Å². The van der Waals surface area contributed by atoms with Crippen molar-refractivity contribution in [1.29, 1.82) is 0 Å². The lowest BCUT2D eigenvalue weighted by atomic mass is 10.1. The lowest BCUT2D eigenvalue weighted by molar-refractivity contribution is 0.112. The van der Waals surface area contributed by atoms with Crippen LogP contribution in [0.25, 0.3) is 0 Å². The normalized spacial score (nSPS) is 18.9. The molecule has 0 amide bonds. The van der Waals surface area contributed by atoms with Crippen LogP contribution in [-0.4, -0.2) is 32.1 Å². The third kappa shape index (κ3) is 2.91. The maximum Gasteiger partial charge on any atom is 0.150 e. The summed E-state index contributed by atoms with van der Waals surface area (Å²) in [4.78, 5) is 13.1. The van der Waals surface area contributed by atoms with Gasteiger partial charge in [0.1, 0.15) is 6.29 Å². The first-order chi connectivity index (χ1) is 8.74. The number of hydrogen-bond donors (Lipinski definition) is 0. The molecule has 3 nitrogen and oxygen atoms in total. The van der Waals surface area contributed by atoms with Crippen LogP contribution in [0.2, 0.25) is 0 Å². The summed E-state index contributed by atoms with van der Waals surface area (Å²) < 4.78 is 5.68. The second-order valence-electron chi connectivity index (χ2n) is 4.83. The quantitative estimate of drug-likeness (QED) is 0.749. The van der Waals surface area contributed by atoms with Crippen LogP contribution >= 0.6 is 0 Å². The van der Waals surface area contributed by atoms with Gasteiger partial charge in [-0.25, -0.2) is 0 Å². The van der Waals surface area contributed by atoms with Gasteiger partial charge in [-0.1, -0.05) is 0 Å². The van der Waals surface area contributed by atoms with Crippen molar-refractivity contribution >= 4 is 12.0 Å². The molecule has 0 aliphatic carbocycles. The number of carbonyl (C=O) groups excluding carboxylic acids is 1. The summed E-state index contributed by atoms with van der Waals surface area (Å²) in [5.74, 6) is 0. The number of carbonyl (C=O) groups is 1. The fraction of sp³-hybridized carbons (Fsp3) is 0.533. The number of likely N-dealkylation sites (N-methyl/N-ethyl adjacent to an activating group) is 1. The molecule has 0 saturated carbocycles. The topological polar surface area (TPSA) is 29.5 Å². The van der Waals surface area contributed by atoms with Gasteiger partial charge in [0, 0.05) is 30.9 Å². The van der Waals surface area contributed by atoms with Crippen molar-refractivity contribution in [3.05, 3.63) is 29.3 Å². The minimum Gasteiger partial charge on any atom is -0.376 e. The van der Waals surface area contributed by atoms with Gasteiger partial charge >= 0.3 is 0 Å². The molecule has 0 aromatic heterocycles. The van der Waals surface area contributed by atoms with Gasteiger partial charge in [0.25, 0.3) is 0 Å². The molecule has 0 bridgehead atoms. The van der Waals surface area contributed by atoms with Crippen LogP contribution in [0, 0.1) is 6.92 Å². The van der Waals surface area contributed by atoms with Gasteiger partial charge in [0.15, 0.2) is 0 Å². The van der Waals surface area contributed by atoms with E-state index in [1.54, 1.807) is 0 Å². The molecule has 1 atom stereocenters. The smallest absolute Gasteiger partial charge is 0.150 e.